The van der Waals surface area contributed by atoms with Crippen molar-refractivity contribution in [1.82, 2.24) is 15.4 Å². The molecule has 5 nitrogen and oxygen atoms in total. The number of benzene rings is 2. The second-order valence-corrected chi connectivity index (χ2v) is 7.04. The molecule has 1 unspecified atom stereocenters. The molecule has 0 fully saturated rings. The number of amides is 2. The van der Waals surface area contributed by atoms with Gasteiger partial charge in [0, 0.05) is 17.3 Å². The van der Waals surface area contributed by atoms with Gasteiger partial charge in [-0.1, -0.05) is 30.3 Å². The summed E-state index contributed by atoms with van der Waals surface area (Å²) in [6, 6.07) is 20.7. The second-order valence-electron chi connectivity index (χ2n) is 5.62. The molecule has 26 heavy (non-hydrogen) atoms. The van der Waals surface area contributed by atoms with Gasteiger partial charge in [0.25, 0.3) is 11.8 Å². The highest BCUT2D eigenvalue weighted by molar-refractivity contribution is 8.00. The molecule has 0 bridgehead atoms. The predicted octanol–water partition coefficient (Wildman–Crippen LogP) is 3.42. The van der Waals surface area contributed by atoms with Gasteiger partial charge in [-0.05, 0) is 43.3 Å². The van der Waals surface area contributed by atoms with Gasteiger partial charge in [-0.15, -0.1) is 11.8 Å². The lowest BCUT2D eigenvalue weighted by molar-refractivity contribution is -0.121. The molecule has 3 rings (SSSR count). The van der Waals surface area contributed by atoms with E-state index in [1.54, 1.807) is 19.1 Å². The quantitative estimate of drug-likeness (QED) is 0.538. The number of carbonyl (C=O) groups excluding carboxylic acids is 2. The van der Waals surface area contributed by atoms with E-state index in [1.165, 1.54) is 11.8 Å². The average molecular weight is 365 g/mol. The molecular weight excluding hydrogens is 346 g/mol. The number of nitrogens with one attached hydrogen (secondary N) is 2. The lowest BCUT2D eigenvalue weighted by Crippen LogP contribution is -2.45. The van der Waals surface area contributed by atoms with Crippen molar-refractivity contribution in [3.8, 4) is 5.69 Å². The standard InChI is InChI=1S/C20H19N3O2S/c1-15(26-16-9-3-2-4-10-16)19(24)21-22-20(25)17-11-5-6-12-18(17)23-13-7-8-14-23/h2-15H,1H3,(H,21,24)(H,22,25). The third kappa shape index (κ3) is 4.34. The Bertz CT molecular complexity index is 879. The maximum Gasteiger partial charge on any atom is 0.271 e. The number of aromatic nitrogens is 1. The Hall–Kier alpha value is -2.99. The fourth-order valence-corrected chi connectivity index (χ4v) is 3.32. The third-order valence-corrected chi connectivity index (χ3v) is 4.87. The number of carbonyl (C=O) groups is 2. The number of thioether (sulfide) groups is 1. The molecule has 1 heterocycles. The van der Waals surface area contributed by atoms with Gasteiger partial charge in [0.1, 0.15) is 0 Å². The average Bonchev–Trinajstić information content (AvgIpc) is 3.21. The summed E-state index contributed by atoms with van der Waals surface area (Å²) in [6.07, 6.45) is 3.73. The first kappa shape index (κ1) is 17.8. The van der Waals surface area contributed by atoms with E-state index in [-0.39, 0.29) is 17.1 Å². The van der Waals surface area contributed by atoms with E-state index in [0.717, 1.165) is 10.6 Å². The molecule has 0 aliphatic carbocycles. The summed E-state index contributed by atoms with van der Waals surface area (Å²) in [5, 5.41) is -0.336. The summed E-state index contributed by atoms with van der Waals surface area (Å²) in [5.74, 6) is -0.620. The van der Waals surface area contributed by atoms with Gasteiger partial charge in [-0.25, -0.2) is 0 Å². The summed E-state index contributed by atoms with van der Waals surface area (Å²) in [4.78, 5) is 25.7. The van der Waals surface area contributed by atoms with Crippen LogP contribution in [0, 0.1) is 0 Å². The number of hydrogen-bond donors (Lipinski definition) is 2. The van der Waals surface area contributed by atoms with Gasteiger partial charge in [0.15, 0.2) is 0 Å². The highest BCUT2D eigenvalue weighted by atomic mass is 32.2. The Morgan fingerprint density at radius 1 is 0.885 bits per heavy atom. The monoisotopic (exact) mass is 365 g/mol. The molecule has 6 heteroatoms. The van der Waals surface area contributed by atoms with Crippen molar-refractivity contribution in [3.63, 3.8) is 0 Å². The van der Waals surface area contributed by atoms with Crippen LogP contribution in [0.2, 0.25) is 0 Å². The zero-order valence-corrected chi connectivity index (χ0v) is 15.1. The van der Waals surface area contributed by atoms with Crippen molar-refractivity contribution in [1.29, 1.82) is 0 Å². The summed E-state index contributed by atoms with van der Waals surface area (Å²) in [5.41, 5.74) is 6.23. The van der Waals surface area contributed by atoms with Crippen molar-refractivity contribution in [3.05, 3.63) is 84.7 Å². The fourth-order valence-electron chi connectivity index (χ4n) is 2.43. The summed E-state index contributed by atoms with van der Waals surface area (Å²) in [7, 11) is 0. The Balaban J connectivity index is 1.61. The van der Waals surface area contributed by atoms with E-state index in [0.29, 0.717) is 5.56 Å². The van der Waals surface area contributed by atoms with Crippen LogP contribution in [0.1, 0.15) is 17.3 Å². The molecule has 1 atom stereocenters. The minimum Gasteiger partial charge on any atom is -0.323 e. The van der Waals surface area contributed by atoms with Crippen LogP contribution in [0.25, 0.3) is 5.69 Å². The number of hydrazine groups is 1. The van der Waals surface area contributed by atoms with Crippen LogP contribution < -0.4 is 10.9 Å². The first-order chi connectivity index (χ1) is 12.6. The van der Waals surface area contributed by atoms with E-state index in [4.69, 9.17) is 0 Å². The lowest BCUT2D eigenvalue weighted by atomic mass is 10.1. The maximum absolute atomic E-state index is 12.5. The Morgan fingerprint density at radius 2 is 1.54 bits per heavy atom. The number of para-hydroxylation sites is 1. The fraction of sp³-hybridized carbons (Fsp3) is 0.100. The molecule has 2 aromatic carbocycles. The molecule has 0 saturated heterocycles. The molecule has 0 spiro atoms. The van der Waals surface area contributed by atoms with E-state index >= 15 is 0 Å². The van der Waals surface area contributed by atoms with Gasteiger partial charge in [0.05, 0.1) is 16.5 Å². The smallest absolute Gasteiger partial charge is 0.271 e. The maximum atomic E-state index is 12.5. The van der Waals surface area contributed by atoms with E-state index in [9.17, 15) is 9.59 Å². The largest absolute Gasteiger partial charge is 0.323 e. The summed E-state index contributed by atoms with van der Waals surface area (Å²) < 4.78 is 1.85. The Morgan fingerprint density at radius 3 is 2.27 bits per heavy atom. The van der Waals surface area contributed by atoms with Crippen molar-refractivity contribution < 1.29 is 9.59 Å². The Labute approximate surface area is 156 Å². The van der Waals surface area contributed by atoms with Crippen molar-refractivity contribution >= 4 is 23.6 Å². The van der Waals surface area contributed by atoms with Crippen LogP contribution in [-0.4, -0.2) is 21.6 Å². The number of rotatable bonds is 5. The zero-order chi connectivity index (χ0) is 18.4. The topological polar surface area (TPSA) is 63.1 Å². The van der Waals surface area contributed by atoms with Crippen LogP contribution in [0.5, 0.6) is 0 Å². The highest BCUT2D eigenvalue weighted by Gasteiger charge is 2.17. The van der Waals surface area contributed by atoms with E-state index < -0.39 is 0 Å². The van der Waals surface area contributed by atoms with Crippen LogP contribution in [-0.2, 0) is 4.79 Å². The third-order valence-electron chi connectivity index (χ3n) is 3.76. The summed E-state index contributed by atoms with van der Waals surface area (Å²) >= 11 is 1.43. The highest BCUT2D eigenvalue weighted by Crippen LogP contribution is 2.22. The lowest BCUT2D eigenvalue weighted by Gasteiger charge is -2.14. The predicted molar refractivity (Wildman–Crippen MR) is 103 cm³/mol. The van der Waals surface area contributed by atoms with E-state index in [2.05, 4.69) is 10.9 Å². The van der Waals surface area contributed by atoms with Crippen LogP contribution >= 0.6 is 11.8 Å². The molecule has 0 saturated carbocycles. The van der Waals surface area contributed by atoms with Crippen molar-refractivity contribution in [2.75, 3.05) is 0 Å². The van der Waals surface area contributed by atoms with Crippen molar-refractivity contribution in [2.45, 2.75) is 17.1 Å². The molecule has 1 aromatic heterocycles. The molecular formula is C20H19N3O2S. The first-order valence-corrected chi connectivity index (χ1v) is 9.07. The minimum absolute atomic E-state index is 0.259. The Kier molecular flexibility index (Phi) is 5.76. The van der Waals surface area contributed by atoms with E-state index in [1.807, 2.05) is 71.6 Å². The van der Waals surface area contributed by atoms with Crippen LogP contribution in [0.3, 0.4) is 0 Å². The second kappa shape index (κ2) is 8.40. The normalized spacial score (nSPS) is 11.6. The number of hydrogen-bond acceptors (Lipinski definition) is 3. The molecule has 0 aliphatic rings. The minimum atomic E-state index is -0.362. The molecule has 2 amide bonds. The molecule has 2 N–H and O–H groups in total. The van der Waals surface area contributed by atoms with Crippen LogP contribution in [0.4, 0.5) is 0 Å². The van der Waals surface area contributed by atoms with Gasteiger partial charge < -0.3 is 4.57 Å². The molecule has 132 valence electrons. The van der Waals surface area contributed by atoms with Gasteiger partial charge in [0.2, 0.25) is 0 Å². The van der Waals surface area contributed by atoms with Crippen molar-refractivity contribution in [2.24, 2.45) is 0 Å². The van der Waals surface area contributed by atoms with Crippen LogP contribution in [0.15, 0.2) is 84.0 Å². The molecule has 0 radical (unpaired) electrons. The number of nitrogens with zero attached hydrogens (tertiary/aromatic N) is 1. The molecule has 0 aliphatic heterocycles. The SMILES string of the molecule is CC(Sc1ccccc1)C(=O)NNC(=O)c1ccccc1-n1cccc1. The first-order valence-electron chi connectivity index (χ1n) is 8.19. The molecule has 3 aromatic rings. The van der Waals surface area contributed by atoms with Gasteiger partial charge in [-0.2, -0.15) is 0 Å². The zero-order valence-electron chi connectivity index (χ0n) is 14.3. The van der Waals surface area contributed by atoms with Gasteiger partial charge in [-0.3, -0.25) is 20.4 Å². The van der Waals surface area contributed by atoms with Gasteiger partial charge >= 0.3 is 0 Å². The summed E-state index contributed by atoms with van der Waals surface area (Å²) in [6.45, 7) is 1.80.